The first kappa shape index (κ1) is 33.0. The molecule has 1 aliphatic heterocycles. The van der Waals surface area contributed by atoms with E-state index < -0.39 is 12.0 Å². The molecular weight excluding hydrogens is 692 g/mol. The molecule has 0 aliphatic carbocycles. The van der Waals surface area contributed by atoms with E-state index in [1.165, 1.54) is 11.3 Å². The SMILES string of the molecule is CCOC(=O)C1=C(c2ccccc2)N=c2s/c(=C\c3ccc(OCc4ccc(Br)cc4)c(OCC)c3)c(=O)n2[C@H]1c1ccc(OC)cc1. The Hall–Kier alpha value is -4.93. The molecule has 6 rings (SSSR count). The van der Waals surface area contributed by atoms with Crippen LogP contribution >= 0.6 is 27.3 Å². The van der Waals surface area contributed by atoms with E-state index in [2.05, 4.69) is 15.9 Å². The average Bonchev–Trinajstić information content (AvgIpc) is 3.42. The lowest BCUT2D eigenvalue weighted by molar-refractivity contribution is -0.138. The van der Waals surface area contributed by atoms with Crippen molar-refractivity contribution in [1.82, 2.24) is 4.57 Å². The molecule has 0 spiro atoms. The minimum Gasteiger partial charge on any atom is -0.497 e. The minimum atomic E-state index is -0.781. The molecule has 0 saturated heterocycles. The first-order valence-electron chi connectivity index (χ1n) is 15.5. The smallest absolute Gasteiger partial charge is 0.338 e. The molecule has 48 heavy (non-hydrogen) atoms. The van der Waals surface area contributed by atoms with Gasteiger partial charge in [0.05, 0.1) is 42.2 Å². The number of halogens is 1. The van der Waals surface area contributed by atoms with Crippen LogP contribution in [-0.2, 0) is 16.1 Å². The van der Waals surface area contributed by atoms with Gasteiger partial charge < -0.3 is 18.9 Å². The first-order valence-corrected chi connectivity index (χ1v) is 17.1. The van der Waals surface area contributed by atoms with Gasteiger partial charge in [-0.15, -0.1) is 0 Å². The zero-order valence-electron chi connectivity index (χ0n) is 26.6. The number of hydrogen-bond acceptors (Lipinski definition) is 8. The molecule has 1 aliphatic rings. The standard InChI is InChI=1S/C38H33BrN2O6S/c1-4-45-31-21-25(13-20-30(31)47-23-24-11-16-28(39)17-12-24)22-32-36(42)41-35(27-14-18-29(44-3)19-15-27)33(37(43)46-5-2)34(40-38(41)48-32)26-9-7-6-8-10-26/h6-22,35H,4-5,23H2,1-3H3/b32-22-/t35-/m0/s1. The minimum absolute atomic E-state index is 0.176. The number of rotatable bonds is 11. The van der Waals surface area contributed by atoms with E-state index in [1.54, 1.807) is 18.6 Å². The van der Waals surface area contributed by atoms with Gasteiger partial charge in [0.15, 0.2) is 16.3 Å². The van der Waals surface area contributed by atoms with Crippen LogP contribution in [0.4, 0.5) is 0 Å². The van der Waals surface area contributed by atoms with Gasteiger partial charge in [-0.1, -0.05) is 87.9 Å². The third kappa shape index (κ3) is 7.00. The predicted octanol–water partition coefficient (Wildman–Crippen LogP) is 6.68. The second-order valence-corrected chi connectivity index (χ2v) is 12.7. The summed E-state index contributed by atoms with van der Waals surface area (Å²) >= 11 is 4.72. The molecule has 0 amide bonds. The lowest BCUT2D eigenvalue weighted by Gasteiger charge is -2.26. The normalized spacial score (nSPS) is 14.2. The summed E-state index contributed by atoms with van der Waals surface area (Å²) in [5.41, 5.74) is 3.73. The van der Waals surface area contributed by atoms with E-state index in [9.17, 15) is 9.59 Å². The number of methoxy groups -OCH3 is 1. The molecule has 4 aromatic carbocycles. The van der Waals surface area contributed by atoms with Crippen molar-refractivity contribution in [3.05, 3.63) is 149 Å². The highest BCUT2D eigenvalue weighted by atomic mass is 79.9. The van der Waals surface area contributed by atoms with E-state index in [4.69, 9.17) is 23.9 Å². The fourth-order valence-corrected chi connectivity index (χ4v) is 6.70. The van der Waals surface area contributed by atoms with Gasteiger partial charge in [0.1, 0.15) is 12.4 Å². The predicted molar refractivity (Wildman–Crippen MR) is 190 cm³/mol. The molecule has 10 heteroatoms. The van der Waals surface area contributed by atoms with Gasteiger partial charge in [-0.05, 0) is 73.0 Å². The Bertz CT molecular complexity index is 2140. The van der Waals surface area contributed by atoms with Gasteiger partial charge in [0, 0.05) is 10.0 Å². The van der Waals surface area contributed by atoms with Gasteiger partial charge in [-0.25, -0.2) is 9.79 Å². The van der Waals surface area contributed by atoms with Crippen molar-refractivity contribution in [2.75, 3.05) is 20.3 Å². The molecule has 0 fully saturated rings. The molecule has 0 N–H and O–H groups in total. The summed E-state index contributed by atoms with van der Waals surface area (Å²) in [7, 11) is 1.59. The van der Waals surface area contributed by atoms with Crippen molar-refractivity contribution in [3.8, 4) is 17.2 Å². The van der Waals surface area contributed by atoms with Crippen LogP contribution in [0, 0.1) is 0 Å². The average molecular weight is 726 g/mol. The molecular formula is C38H33BrN2O6S. The fraction of sp³-hybridized carbons (Fsp3) is 0.184. The number of esters is 1. The quantitative estimate of drug-likeness (QED) is 0.141. The molecule has 1 aromatic heterocycles. The van der Waals surface area contributed by atoms with Gasteiger partial charge in [0.25, 0.3) is 5.56 Å². The third-order valence-electron chi connectivity index (χ3n) is 7.68. The molecule has 1 atom stereocenters. The monoisotopic (exact) mass is 724 g/mol. The summed E-state index contributed by atoms with van der Waals surface area (Å²) in [6.07, 6.45) is 1.81. The largest absolute Gasteiger partial charge is 0.497 e. The zero-order chi connectivity index (χ0) is 33.6. The number of benzene rings is 4. The number of carbonyl (C=O) groups is 1. The van der Waals surface area contributed by atoms with Gasteiger partial charge >= 0.3 is 5.97 Å². The molecule has 0 unspecified atom stereocenters. The molecule has 2 heterocycles. The summed E-state index contributed by atoms with van der Waals surface area (Å²) in [6.45, 7) is 4.67. The van der Waals surface area contributed by atoms with Crippen LogP contribution in [0.5, 0.6) is 17.2 Å². The second kappa shape index (κ2) is 14.9. The lowest BCUT2D eigenvalue weighted by atomic mass is 9.93. The van der Waals surface area contributed by atoms with Crippen LogP contribution in [-0.4, -0.2) is 30.9 Å². The number of aromatic nitrogens is 1. The van der Waals surface area contributed by atoms with Crippen LogP contribution in [0.2, 0.25) is 0 Å². The van der Waals surface area contributed by atoms with Gasteiger partial charge in [0.2, 0.25) is 0 Å². The van der Waals surface area contributed by atoms with E-state index in [0.717, 1.165) is 26.7 Å². The lowest BCUT2D eigenvalue weighted by Crippen LogP contribution is -2.40. The van der Waals surface area contributed by atoms with Crippen molar-refractivity contribution in [1.29, 1.82) is 0 Å². The van der Waals surface area contributed by atoms with Crippen LogP contribution in [0.3, 0.4) is 0 Å². The highest BCUT2D eigenvalue weighted by molar-refractivity contribution is 9.10. The van der Waals surface area contributed by atoms with E-state index in [-0.39, 0.29) is 17.7 Å². The van der Waals surface area contributed by atoms with E-state index in [1.807, 2.05) is 110 Å². The van der Waals surface area contributed by atoms with E-state index >= 15 is 0 Å². The summed E-state index contributed by atoms with van der Waals surface area (Å²) in [5.74, 6) is 1.30. The molecule has 0 bridgehead atoms. The number of thiazole rings is 1. The van der Waals surface area contributed by atoms with Crippen molar-refractivity contribution in [2.24, 2.45) is 4.99 Å². The Labute approximate surface area is 290 Å². The zero-order valence-corrected chi connectivity index (χ0v) is 29.0. The fourth-order valence-electron chi connectivity index (χ4n) is 5.44. The second-order valence-electron chi connectivity index (χ2n) is 10.8. The van der Waals surface area contributed by atoms with Crippen molar-refractivity contribution >= 4 is 45.0 Å². The third-order valence-corrected chi connectivity index (χ3v) is 9.19. The molecule has 0 saturated carbocycles. The van der Waals surface area contributed by atoms with Crippen molar-refractivity contribution in [2.45, 2.75) is 26.5 Å². The number of fused-ring (bicyclic) bond motifs is 1. The summed E-state index contributed by atoms with van der Waals surface area (Å²) < 4.78 is 26.0. The van der Waals surface area contributed by atoms with Gasteiger partial charge in [-0.3, -0.25) is 9.36 Å². The van der Waals surface area contributed by atoms with Gasteiger partial charge in [-0.2, -0.15) is 0 Å². The number of nitrogens with zero attached hydrogens (tertiary/aromatic N) is 2. The Morgan fingerprint density at radius 1 is 0.917 bits per heavy atom. The topological polar surface area (TPSA) is 88.4 Å². The molecule has 244 valence electrons. The maximum Gasteiger partial charge on any atom is 0.338 e. The highest BCUT2D eigenvalue weighted by Gasteiger charge is 2.35. The van der Waals surface area contributed by atoms with Crippen molar-refractivity contribution in [3.63, 3.8) is 0 Å². The number of ether oxygens (including phenoxy) is 4. The Morgan fingerprint density at radius 2 is 1.67 bits per heavy atom. The summed E-state index contributed by atoms with van der Waals surface area (Å²) in [4.78, 5) is 33.4. The molecule has 5 aromatic rings. The Balaban J connectivity index is 1.47. The number of hydrogen-bond donors (Lipinski definition) is 0. The Morgan fingerprint density at radius 3 is 2.35 bits per heavy atom. The highest BCUT2D eigenvalue weighted by Crippen LogP contribution is 2.36. The first-order chi connectivity index (χ1) is 23.4. The molecule has 8 nitrogen and oxygen atoms in total. The maximum atomic E-state index is 14.3. The van der Waals surface area contributed by atoms with Crippen LogP contribution in [0.15, 0.2) is 117 Å². The summed E-state index contributed by atoms with van der Waals surface area (Å²) in [5, 5.41) is 0. The van der Waals surface area contributed by atoms with Crippen LogP contribution in [0.1, 0.15) is 42.1 Å². The number of carbonyl (C=O) groups excluding carboxylic acids is 1. The van der Waals surface area contributed by atoms with E-state index in [0.29, 0.717) is 45.5 Å². The molecule has 0 radical (unpaired) electrons. The van der Waals surface area contributed by atoms with Crippen molar-refractivity contribution < 1.29 is 23.7 Å². The van der Waals surface area contributed by atoms with Crippen LogP contribution < -0.4 is 29.1 Å². The Kier molecular flexibility index (Phi) is 10.2. The van der Waals surface area contributed by atoms with Crippen LogP contribution in [0.25, 0.3) is 11.8 Å². The summed E-state index contributed by atoms with van der Waals surface area (Å²) in [6, 6.07) is 29.6. The maximum absolute atomic E-state index is 14.3.